The number of phenolic OH excluding ortho intramolecular Hbond substituents is 1. The molecule has 0 aliphatic heterocycles. The molecular formula is C8H7F3O3. The first kappa shape index (κ1) is 10.6. The molecule has 1 rings (SSSR count). The Morgan fingerprint density at radius 3 is 2.43 bits per heavy atom. The normalized spacial score (nSPS) is 11.4. The lowest BCUT2D eigenvalue weighted by atomic mass is 10.2. The van der Waals surface area contributed by atoms with Crippen LogP contribution in [0, 0.1) is 0 Å². The largest absolute Gasteiger partial charge is 0.573 e. The Balaban J connectivity index is 2.95. The molecule has 0 aromatic heterocycles. The van der Waals surface area contributed by atoms with Crippen molar-refractivity contribution in [1.82, 2.24) is 0 Å². The summed E-state index contributed by atoms with van der Waals surface area (Å²) in [5, 5.41) is 17.6. The molecule has 3 nitrogen and oxygen atoms in total. The summed E-state index contributed by atoms with van der Waals surface area (Å²) in [6.07, 6.45) is -4.86. The van der Waals surface area contributed by atoms with Crippen molar-refractivity contribution in [2.24, 2.45) is 0 Å². The Labute approximate surface area is 77.4 Å². The highest BCUT2D eigenvalue weighted by Crippen LogP contribution is 2.31. The maximum Gasteiger partial charge on any atom is 0.573 e. The monoisotopic (exact) mass is 208 g/mol. The van der Waals surface area contributed by atoms with Crippen LogP contribution in [0.2, 0.25) is 0 Å². The van der Waals surface area contributed by atoms with Crippen LogP contribution in [-0.2, 0) is 6.61 Å². The van der Waals surface area contributed by atoms with Crippen LogP contribution < -0.4 is 4.74 Å². The van der Waals surface area contributed by atoms with Crippen LogP contribution in [0.15, 0.2) is 18.2 Å². The number of hydrogen-bond acceptors (Lipinski definition) is 3. The molecule has 2 N–H and O–H groups in total. The van der Waals surface area contributed by atoms with Gasteiger partial charge in [-0.15, -0.1) is 13.2 Å². The summed E-state index contributed by atoms with van der Waals surface area (Å²) in [5.74, 6) is -1.34. The third-order valence-corrected chi connectivity index (χ3v) is 1.43. The number of rotatable bonds is 2. The number of aliphatic hydroxyl groups is 1. The minimum Gasteiger partial charge on any atom is -0.504 e. The summed E-state index contributed by atoms with van der Waals surface area (Å²) in [7, 11) is 0. The Hall–Kier alpha value is -1.43. The molecule has 0 aliphatic rings. The summed E-state index contributed by atoms with van der Waals surface area (Å²) in [4.78, 5) is 0. The van der Waals surface area contributed by atoms with Gasteiger partial charge in [0.1, 0.15) is 0 Å². The molecule has 0 aliphatic carbocycles. The van der Waals surface area contributed by atoms with Crippen molar-refractivity contribution in [3.63, 3.8) is 0 Å². The van der Waals surface area contributed by atoms with Gasteiger partial charge in [-0.2, -0.15) is 0 Å². The van der Waals surface area contributed by atoms with Crippen molar-refractivity contribution >= 4 is 0 Å². The van der Waals surface area contributed by atoms with Gasteiger partial charge in [-0.1, -0.05) is 6.07 Å². The van der Waals surface area contributed by atoms with E-state index in [2.05, 4.69) is 4.74 Å². The van der Waals surface area contributed by atoms with Crippen molar-refractivity contribution in [3.05, 3.63) is 23.8 Å². The summed E-state index contributed by atoms with van der Waals surface area (Å²) in [6.45, 7) is -0.422. The van der Waals surface area contributed by atoms with Gasteiger partial charge < -0.3 is 14.9 Å². The van der Waals surface area contributed by atoms with Gasteiger partial charge in [0.2, 0.25) is 0 Å². The molecule has 0 saturated carbocycles. The maximum absolute atomic E-state index is 11.8. The van der Waals surface area contributed by atoms with E-state index in [9.17, 15) is 13.2 Å². The lowest BCUT2D eigenvalue weighted by molar-refractivity contribution is -0.275. The van der Waals surface area contributed by atoms with Crippen LogP contribution in [0.25, 0.3) is 0 Å². The topological polar surface area (TPSA) is 49.7 Å². The van der Waals surface area contributed by atoms with E-state index in [4.69, 9.17) is 10.2 Å². The molecule has 14 heavy (non-hydrogen) atoms. The number of aromatic hydroxyl groups is 1. The fourth-order valence-electron chi connectivity index (χ4n) is 0.863. The molecule has 0 atom stereocenters. The van der Waals surface area contributed by atoms with E-state index in [0.29, 0.717) is 0 Å². The average Bonchev–Trinajstić information content (AvgIpc) is 2.06. The van der Waals surface area contributed by atoms with Crippen LogP contribution in [0.3, 0.4) is 0 Å². The summed E-state index contributed by atoms with van der Waals surface area (Å²) in [6, 6.07) is 3.23. The number of hydrogen-bond donors (Lipinski definition) is 2. The molecule has 0 fully saturated rings. The number of phenols is 1. The van der Waals surface area contributed by atoms with Crippen molar-refractivity contribution < 1.29 is 28.1 Å². The van der Waals surface area contributed by atoms with Gasteiger partial charge in [-0.3, -0.25) is 0 Å². The molecule has 0 unspecified atom stereocenters. The van der Waals surface area contributed by atoms with Gasteiger partial charge in [0.15, 0.2) is 11.5 Å². The molecule has 0 bridgehead atoms. The van der Waals surface area contributed by atoms with Crippen LogP contribution in [-0.4, -0.2) is 16.6 Å². The molecule has 0 heterocycles. The molecular weight excluding hydrogens is 201 g/mol. The Morgan fingerprint density at radius 2 is 1.93 bits per heavy atom. The zero-order valence-electron chi connectivity index (χ0n) is 6.88. The minimum absolute atomic E-state index is 0.224. The van der Waals surface area contributed by atoms with E-state index >= 15 is 0 Å². The highest BCUT2D eigenvalue weighted by Gasteiger charge is 2.32. The van der Waals surface area contributed by atoms with Gasteiger partial charge in [0, 0.05) is 0 Å². The van der Waals surface area contributed by atoms with Crippen LogP contribution in [0.1, 0.15) is 5.56 Å². The average molecular weight is 208 g/mol. The molecule has 0 saturated heterocycles. The van der Waals surface area contributed by atoms with E-state index in [1.807, 2.05) is 0 Å². The maximum atomic E-state index is 11.8. The van der Waals surface area contributed by atoms with E-state index in [0.717, 1.165) is 12.1 Å². The Kier molecular flexibility index (Phi) is 2.85. The Morgan fingerprint density at radius 1 is 1.29 bits per heavy atom. The van der Waals surface area contributed by atoms with Crippen molar-refractivity contribution in [3.8, 4) is 11.5 Å². The highest BCUT2D eigenvalue weighted by atomic mass is 19.4. The number of ether oxygens (including phenoxy) is 1. The molecule has 0 amide bonds. The standard InChI is InChI=1S/C8H7F3O3/c9-8(10,11)14-7-3-5(4-12)1-2-6(7)13/h1-3,12-13H,4H2. The van der Waals surface area contributed by atoms with E-state index < -0.39 is 24.5 Å². The van der Waals surface area contributed by atoms with Crippen molar-refractivity contribution in [1.29, 1.82) is 0 Å². The van der Waals surface area contributed by atoms with Crippen LogP contribution >= 0.6 is 0 Å². The van der Waals surface area contributed by atoms with Crippen molar-refractivity contribution in [2.45, 2.75) is 13.0 Å². The first-order chi connectivity index (χ1) is 6.42. The second-order valence-electron chi connectivity index (χ2n) is 2.51. The molecule has 78 valence electrons. The van der Waals surface area contributed by atoms with Gasteiger partial charge in [-0.05, 0) is 17.7 Å². The lowest BCUT2D eigenvalue weighted by Crippen LogP contribution is -2.17. The second-order valence-corrected chi connectivity index (χ2v) is 2.51. The minimum atomic E-state index is -4.86. The van der Waals surface area contributed by atoms with Crippen molar-refractivity contribution in [2.75, 3.05) is 0 Å². The highest BCUT2D eigenvalue weighted by molar-refractivity contribution is 5.41. The molecule has 1 aromatic carbocycles. The molecule has 0 spiro atoms. The number of alkyl halides is 3. The number of aliphatic hydroxyl groups excluding tert-OH is 1. The van der Waals surface area contributed by atoms with E-state index in [-0.39, 0.29) is 5.56 Å². The Bertz CT molecular complexity index is 322. The first-order valence-corrected chi connectivity index (χ1v) is 3.61. The van der Waals surface area contributed by atoms with Gasteiger partial charge in [0.25, 0.3) is 0 Å². The van der Waals surface area contributed by atoms with E-state index in [1.165, 1.54) is 6.07 Å². The first-order valence-electron chi connectivity index (χ1n) is 3.61. The SMILES string of the molecule is OCc1ccc(O)c(OC(F)(F)F)c1. The fraction of sp³-hybridized carbons (Fsp3) is 0.250. The van der Waals surface area contributed by atoms with Gasteiger partial charge in [-0.25, -0.2) is 0 Å². The molecule has 6 heteroatoms. The third kappa shape index (κ3) is 2.81. The quantitative estimate of drug-likeness (QED) is 0.778. The zero-order chi connectivity index (χ0) is 10.8. The smallest absolute Gasteiger partial charge is 0.504 e. The van der Waals surface area contributed by atoms with Gasteiger partial charge in [0.05, 0.1) is 6.61 Å². The number of benzene rings is 1. The van der Waals surface area contributed by atoms with Crippen LogP contribution in [0.4, 0.5) is 13.2 Å². The fourth-order valence-corrected chi connectivity index (χ4v) is 0.863. The summed E-state index contributed by atoms with van der Waals surface area (Å²) < 4.78 is 38.8. The molecule has 0 radical (unpaired) electrons. The van der Waals surface area contributed by atoms with Crippen LogP contribution in [0.5, 0.6) is 11.5 Å². The third-order valence-electron chi connectivity index (χ3n) is 1.43. The lowest BCUT2D eigenvalue weighted by Gasteiger charge is -2.10. The second kappa shape index (κ2) is 3.75. The predicted octanol–water partition coefficient (Wildman–Crippen LogP) is 1.78. The summed E-state index contributed by atoms with van der Waals surface area (Å²) in [5.41, 5.74) is 0.224. The summed E-state index contributed by atoms with van der Waals surface area (Å²) >= 11 is 0. The molecule has 1 aromatic rings. The number of halogens is 3. The van der Waals surface area contributed by atoms with E-state index in [1.54, 1.807) is 0 Å². The van der Waals surface area contributed by atoms with Gasteiger partial charge >= 0.3 is 6.36 Å². The predicted molar refractivity (Wildman–Crippen MR) is 40.7 cm³/mol. The zero-order valence-corrected chi connectivity index (χ0v) is 6.88.